The molecule has 16 heavy (non-hydrogen) atoms. The molecule has 0 aliphatic carbocycles. The van der Waals surface area contributed by atoms with E-state index >= 15 is 0 Å². The maximum absolute atomic E-state index is 11.8. The number of nitrogens with one attached hydrogen (secondary N) is 1. The molecule has 0 bridgehead atoms. The van der Waals surface area contributed by atoms with Crippen LogP contribution < -0.4 is 11.1 Å². The summed E-state index contributed by atoms with van der Waals surface area (Å²) in [5.41, 5.74) is 5.60. The number of nitrogens with two attached hydrogens (primary N) is 1. The van der Waals surface area contributed by atoms with Gasteiger partial charge in [-0.15, -0.1) is 0 Å². The molecule has 4 nitrogen and oxygen atoms in total. The normalized spacial score (nSPS) is 10.9. The SMILES string of the molecule is CC(C)(C)NC(=O)c1cccc(C(N)=O)c1. The molecule has 1 aromatic carbocycles. The lowest BCUT2D eigenvalue weighted by Crippen LogP contribution is -2.40. The smallest absolute Gasteiger partial charge is 0.251 e. The lowest BCUT2D eigenvalue weighted by molar-refractivity contribution is 0.0919. The lowest BCUT2D eigenvalue weighted by Gasteiger charge is -2.20. The Morgan fingerprint density at radius 1 is 1.19 bits per heavy atom. The minimum atomic E-state index is -0.537. The zero-order valence-electron chi connectivity index (χ0n) is 9.70. The van der Waals surface area contributed by atoms with Crippen LogP contribution in [0, 0.1) is 0 Å². The Labute approximate surface area is 94.8 Å². The molecule has 86 valence electrons. The van der Waals surface area contributed by atoms with Gasteiger partial charge in [-0.1, -0.05) is 6.07 Å². The Kier molecular flexibility index (Phi) is 3.32. The molecule has 1 rings (SSSR count). The van der Waals surface area contributed by atoms with Gasteiger partial charge in [0.1, 0.15) is 0 Å². The van der Waals surface area contributed by atoms with E-state index in [-0.39, 0.29) is 11.4 Å². The first kappa shape index (κ1) is 12.2. The predicted molar refractivity (Wildman–Crippen MR) is 62.2 cm³/mol. The highest BCUT2D eigenvalue weighted by Crippen LogP contribution is 2.07. The average Bonchev–Trinajstić information content (AvgIpc) is 2.15. The van der Waals surface area contributed by atoms with Crippen LogP contribution in [-0.4, -0.2) is 17.4 Å². The standard InChI is InChI=1S/C12H16N2O2/c1-12(2,3)14-11(16)9-6-4-5-8(7-9)10(13)15/h4-7H,1-3H3,(H2,13,15)(H,14,16). The Balaban J connectivity index is 2.92. The molecule has 1 aromatic rings. The van der Waals surface area contributed by atoms with E-state index in [1.54, 1.807) is 18.2 Å². The number of benzene rings is 1. The Hall–Kier alpha value is -1.84. The fraction of sp³-hybridized carbons (Fsp3) is 0.333. The molecule has 0 unspecified atom stereocenters. The molecule has 2 amide bonds. The highest BCUT2D eigenvalue weighted by atomic mass is 16.2. The monoisotopic (exact) mass is 220 g/mol. The summed E-state index contributed by atoms with van der Waals surface area (Å²) in [6.45, 7) is 5.68. The van der Waals surface area contributed by atoms with Crippen molar-refractivity contribution in [2.45, 2.75) is 26.3 Å². The molecule has 0 aromatic heterocycles. The summed E-state index contributed by atoms with van der Waals surface area (Å²) in [4.78, 5) is 22.7. The van der Waals surface area contributed by atoms with E-state index in [9.17, 15) is 9.59 Å². The van der Waals surface area contributed by atoms with Gasteiger partial charge in [0, 0.05) is 16.7 Å². The van der Waals surface area contributed by atoms with Gasteiger partial charge in [-0.3, -0.25) is 9.59 Å². The second-order valence-electron chi connectivity index (χ2n) is 4.65. The van der Waals surface area contributed by atoms with Crippen LogP contribution in [0.15, 0.2) is 24.3 Å². The first-order valence-corrected chi connectivity index (χ1v) is 5.02. The molecule has 0 fully saturated rings. The van der Waals surface area contributed by atoms with Crippen molar-refractivity contribution in [1.29, 1.82) is 0 Å². The lowest BCUT2D eigenvalue weighted by atomic mass is 10.1. The number of rotatable bonds is 2. The van der Waals surface area contributed by atoms with Crippen molar-refractivity contribution >= 4 is 11.8 Å². The Morgan fingerprint density at radius 2 is 1.75 bits per heavy atom. The van der Waals surface area contributed by atoms with Gasteiger partial charge in [-0.05, 0) is 39.0 Å². The fourth-order valence-electron chi connectivity index (χ4n) is 1.23. The van der Waals surface area contributed by atoms with Gasteiger partial charge in [0.15, 0.2) is 0 Å². The van der Waals surface area contributed by atoms with E-state index in [1.807, 2.05) is 20.8 Å². The Morgan fingerprint density at radius 3 is 2.25 bits per heavy atom. The number of carbonyl (C=O) groups is 2. The van der Waals surface area contributed by atoms with Gasteiger partial charge in [0.05, 0.1) is 0 Å². The molecular formula is C12H16N2O2. The molecule has 0 radical (unpaired) electrons. The van der Waals surface area contributed by atoms with Crippen molar-refractivity contribution in [2.24, 2.45) is 5.73 Å². The van der Waals surface area contributed by atoms with Crippen molar-refractivity contribution in [3.63, 3.8) is 0 Å². The van der Waals surface area contributed by atoms with Crippen LogP contribution in [0.1, 0.15) is 41.5 Å². The van der Waals surface area contributed by atoms with Crippen LogP contribution >= 0.6 is 0 Å². The van der Waals surface area contributed by atoms with E-state index in [0.29, 0.717) is 11.1 Å². The zero-order valence-corrected chi connectivity index (χ0v) is 9.70. The molecule has 0 aliphatic heterocycles. The van der Waals surface area contributed by atoms with Gasteiger partial charge in [0.25, 0.3) is 5.91 Å². The topological polar surface area (TPSA) is 72.2 Å². The zero-order chi connectivity index (χ0) is 12.3. The first-order valence-electron chi connectivity index (χ1n) is 5.02. The summed E-state index contributed by atoms with van der Waals surface area (Å²) >= 11 is 0. The summed E-state index contributed by atoms with van der Waals surface area (Å²) in [6.07, 6.45) is 0. The van der Waals surface area contributed by atoms with Crippen LogP contribution in [0.4, 0.5) is 0 Å². The van der Waals surface area contributed by atoms with Gasteiger partial charge >= 0.3 is 0 Å². The maximum atomic E-state index is 11.8. The maximum Gasteiger partial charge on any atom is 0.251 e. The minimum Gasteiger partial charge on any atom is -0.366 e. The van der Waals surface area contributed by atoms with Crippen LogP contribution in [0.2, 0.25) is 0 Å². The summed E-state index contributed by atoms with van der Waals surface area (Å²) < 4.78 is 0. The van der Waals surface area contributed by atoms with Gasteiger partial charge in [-0.25, -0.2) is 0 Å². The fourth-order valence-corrected chi connectivity index (χ4v) is 1.23. The third-order valence-electron chi connectivity index (χ3n) is 1.90. The molecule has 0 aliphatic rings. The molecule has 0 atom stereocenters. The third kappa shape index (κ3) is 3.38. The van der Waals surface area contributed by atoms with Gasteiger partial charge in [0.2, 0.25) is 5.91 Å². The van der Waals surface area contributed by atoms with E-state index < -0.39 is 5.91 Å². The van der Waals surface area contributed by atoms with E-state index in [4.69, 9.17) is 5.73 Å². The van der Waals surface area contributed by atoms with Crippen molar-refractivity contribution in [1.82, 2.24) is 5.32 Å². The molecule has 0 spiro atoms. The van der Waals surface area contributed by atoms with Crippen LogP contribution in [0.3, 0.4) is 0 Å². The van der Waals surface area contributed by atoms with Crippen molar-refractivity contribution in [3.05, 3.63) is 35.4 Å². The van der Waals surface area contributed by atoms with E-state index in [0.717, 1.165) is 0 Å². The number of carbonyl (C=O) groups excluding carboxylic acids is 2. The first-order chi connectivity index (χ1) is 7.29. The number of primary amides is 1. The average molecular weight is 220 g/mol. The van der Waals surface area contributed by atoms with E-state index in [2.05, 4.69) is 5.32 Å². The summed E-state index contributed by atoms with van der Waals surface area (Å²) in [7, 11) is 0. The molecule has 0 saturated heterocycles. The van der Waals surface area contributed by atoms with E-state index in [1.165, 1.54) is 6.07 Å². The molecule has 0 heterocycles. The summed E-state index contributed by atoms with van der Waals surface area (Å²) in [5.74, 6) is -0.749. The summed E-state index contributed by atoms with van der Waals surface area (Å²) in [6, 6.07) is 6.35. The largest absolute Gasteiger partial charge is 0.366 e. The summed E-state index contributed by atoms with van der Waals surface area (Å²) in [5, 5.41) is 2.81. The highest BCUT2D eigenvalue weighted by Gasteiger charge is 2.15. The van der Waals surface area contributed by atoms with Crippen LogP contribution in [0.25, 0.3) is 0 Å². The third-order valence-corrected chi connectivity index (χ3v) is 1.90. The molecule has 4 heteroatoms. The quantitative estimate of drug-likeness (QED) is 0.788. The molecule has 3 N–H and O–H groups in total. The van der Waals surface area contributed by atoms with Gasteiger partial charge < -0.3 is 11.1 Å². The number of hydrogen-bond acceptors (Lipinski definition) is 2. The van der Waals surface area contributed by atoms with Crippen LogP contribution in [0.5, 0.6) is 0 Å². The minimum absolute atomic E-state index is 0.212. The Bertz CT molecular complexity index is 419. The van der Waals surface area contributed by atoms with Crippen LogP contribution in [-0.2, 0) is 0 Å². The van der Waals surface area contributed by atoms with Crippen molar-refractivity contribution < 1.29 is 9.59 Å². The van der Waals surface area contributed by atoms with Crippen molar-refractivity contribution in [3.8, 4) is 0 Å². The number of amides is 2. The van der Waals surface area contributed by atoms with Crippen molar-refractivity contribution in [2.75, 3.05) is 0 Å². The highest BCUT2D eigenvalue weighted by molar-refractivity contribution is 5.99. The molecular weight excluding hydrogens is 204 g/mol. The van der Waals surface area contributed by atoms with Gasteiger partial charge in [-0.2, -0.15) is 0 Å². The number of hydrogen-bond donors (Lipinski definition) is 2. The second-order valence-corrected chi connectivity index (χ2v) is 4.65. The molecule has 0 saturated carbocycles. The second kappa shape index (κ2) is 4.35. The predicted octanol–water partition coefficient (Wildman–Crippen LogP) is 1.31.